The van der Waals surface area contributed by atoms with Crippen LogP contribution in [0.3, 0.4) is 0 Å². The highest BCUT2D eigenvalue weighted by Gasteiger charge is 2.20. The molecule has 2 aromatic rings. The fourth-order valence-corrected chi connectivity index (χ4v) is 2.33. The number of carbonyl (C=O) groups excluding carboxylic acids is 3. The molecule has 1 amide bonds. The number of esters is 1. The lowest BCUT2D eigenvalue weighted by atomic mass is 10.1. The minimum atomic E-state index is -0.914. The Bertz CT molecular complexity index is 796. The Morgan fingerprint density at radius 1 is 0.923 bits per heavy atom. The van der Waals surface area contributed by atoms with Crippen molar-refractivity contribution >= 4 is 29.0 Å². The number of anilines is 2. The Labute approximate surface area is 152 Å². The van der Waals surface area contributed by atoms with Crippen molar-refractivity contribution in [3.05, 3.63) is 59.7 Å². The summed E-state index contributed by atoms with van der Waals surface area (Å²) in [5, 5.41) is 2.63. The first kappa shape index (κ1) is 19.2. The van der Waals surface area contributed by atoms with E-state index in [1.54, 1.807) is 36.4 Å². The van der Waals surface area contributed by atoms with Gasteiger partial charge in [0.05, 0.1) is 5.56 Å². The lowest BCUT2D eigenvalue weighted by molar-refractivity contribution is -0.114. The van der Waals surface area contributed by atoms with E-state index in [4.69, 9.17) is 4.74 Å². The third kappa shape index (κ3) is 4.92. The van der Waals surface area contributed by atoms with Crippen LogP contribution in [0.4, 0.5) is 11.4 Å². The zero-order valence-electron chi connectivity index (χ0n) is 15.3. The van der Waals surface area contributed by atoms with E-state index < -0.39 is 12.1 Å². The van der Waals surface area contributed by atoms with E-state index in [-0.39, 0.29) is 11.7 Å². The second-order valence-electron chi connectivity index (χ2n) is 6.11. The quantitative estimate of drug-likeness (QED) is 0.637. The number of nitrogens with zero attached hydrogens (tertiary/aromatic N) is 1. The second kappa shape index (κ2) is 8.29. The van der Waals surface area contributed by atoms with Crippen molar-refractivity contribution in [3.63, 3.8) is 0 Å². The molecule has 0 radical (unpaired) electrons. The molecule has 0 spiro atoms. The van der Waals surface area contributed by atoms with Gasteiger partial charge in [0.15, 0.2) is 6.10 Å². The third-order valence-electron chi connectivity index (χ3n) is 3.76. The minimum Gasteiger partial charge on any atom is -0.451 e. The van der Waals surface area contributed by atoms with Crippen molar-refractivity contribution in [1.82, 2.24) is 0 Å². The van der Waals surface area contributed by atoms with Gasteiger partial charge in [-0.2, -0.15) is 0 Å². The van der Waals surface area contributed by atoms with Gasteiger partial charge in [-0.3, -0.25) is 9.59 Å². The molecule has 6 nitrogen and oxygen atoms in total. The highest BCUT2D eigenvalue weighted by Crippen LogP contribution is 2.16. The fraction of sp³-hybridized carbons (Fsp3) is 0.250. The molecular weight excluding hydrogens is 332 g/mol. The van der Waals surface area contributed by atoms with E-state index in [9.17, 15) is 14.4 Å². The van der Waals surface area contributed by atoms with Crippen LogP contribution in [-0.2, 0) is 9.53 Å². The van der Waals surface area contributed by atoms with Gasteiger partial charge in [0.1, 0.15) is 0 Å². The molecule has 136 valence electrons. The number of hydrogen-bond acceptors (Lipinski definition) is 5. The molecule has 0 saturated heterocycles. The molecule has 1 N–H and O–H groups in total. The molecule has 0 aliphatic carbocycles. The Morgan fingerprint density at radius 3 is 1.96 bits per heavy atom. The van der Waals surface area contributed by atoms with Gasteiger partial charge < -0.3 is 15.0 Å². The number of Topliss-reactive ketones (excluding diaryl/α,β-unsaturated/α-hetero) is 1. The van der Waals surface area contributed by atoms with Gasteiger partial charge in [-0.05, 0) is 55.5 Å². The largest absolute Gasteiger partial charge is 0.451 e. The van der Waals surface area contributed by atoms with Gasteiger partial charge >= 0.3 is 5.97 Å². The first-order valence-electron chi connectivity index (χ1n) is 8.18. The number of ether oxygens (including phenoxy) is 1. The SMILES string of the molecule is CC(=O)Nc1ccc(C(=O)[C@@H](C)OC(=O)c2ccc(N(C)C)cc2)cc1. The molecule has 0 bridgehead atoms. The Kier molecular flexibility index (Phi) is 6.11. The zero-order valence-corrected chi connectivity index (χ0v) is 15.3. The van der Waals surface area contributed by atoms with Crippen molar-refractivity contribution in [2.75, 3.05) is 24.3 Å². The summed E-state index contributed by atoms with van der Waals surface area (Å²) < 4.78 is 5.28. The van der Waals surface area contributed by atoms with Crippen molar-refractivity contribution in [2.45, 2.75) is 20.0 Å². The van der Waals surface area contributed by atoms with Crippen LogP contribution in [0.5, 0.6) is 0 Å². The number of ketones is 1. The average Bonchev–Trinajstić information content (AvgIpc) is 2.61. The van der Waals surface area contributed by atoms with Crippen molar-refractivity contribution in [1.29, 1.82) is 0 Å². The Balaban J connectivity index is 2.01. The Hall–Kier alpha value is -3.15. The molecule has 1 atom stereocenters. The van der Waals surface area contributed by atoms with Gasteiger partial charge in [0.2, 0.25) is 11.7 Å². The van der Waals surface area contributed by atoms with Crippen LogP contribution in [0.15, 0.2) is 48.5 Å². The fourth-order valence-electron chi connectivity index (χ4n) is 2.33. The van der Waals surface area contributed by atoms with E-state index in [1.165, 1.54) is 13.8 Å². The monoisotopic (exact) mass is 354 g/mol. The molecule has 2 aromatic carbocycles. The van der Waals surface area contributed by atoms with Crippen LogP contribution in [0.1, 0.15) is 34.6 Å². The van der Waals surface area contributed by atoms with E-state index in [2.05, 4.69) is 5.32 Å². The van der Waals surface area contributed by atoms with Crippen LogP contribution in [0.25, 0.3) is 0 Å². The smallest absolute Gasteiger partial charge is 0.338 e. The van der Waals surface area contributed by atoms with Crippen LogP contribution in [-0.4, -0.2) is 37.9 Å². The summed E-state index contributed by atoms with van der Waals surface area (Å²) in [4.78, 5) is 37.6. The van der Waals surface area contributed by atoms with Gasteiger partial charge in [0.25, 0.3) is 0 Å². The van der Waals surface area contributed by atoms with E-state index >= 15 is 0 Å². The van der Waals surface area contributed by atoms with Crippen LogP contribution in [0.2, 0.25) is 0 Å². The van der Waals surface area contributed by atoms with Gasteiger partial charge in [-0.15, -0.1) is 0 Å². The van der Waals surface area contributed by atoms with E-state index in [0.29, 0.717) is 16.8 Å². The predicted octanol–water partition coefficient (Wildman–Crippen LogP) is 3.14. The predicted molar refractivity (Wildman–Crippen MR) is 101 cm³/mol. The van der Waals surface area contributed by atoms with Gasteiger partial charge in [-0.25, -0.2) is 4.79 Å². The topological polar surface area (TPSA) is 75.7 Å². The third-order valence-corrected chi connectivity index (χ3v) is 3.76. The van der Waals surface area contributed by atoms with Crippen molar-refractivity contribution in [3.8, 4) is 0 Å². The van der Waals surface area contributed by atoms with E-state index in [0.717, 1.165) is 5.69 Å². The number of nitrogens with one attached hydrogen (secondary N) is 1. The molecule has 0 fully saturated rings. The maximum absolute atomic E-state index is 12.4. The highest BCUT2D eigenvalue weighted by atomic mass is 16.5. The second-order valence-corrected chi connectivity index (χ2v) is 6.11. The lowest BCUT2D eigenvalue weighted by Crippen LogP contribution is -2.24. The molecular formula is C20H22N2O4. The molecule has 0 aliphatic rings. The standard InChI is InChI=1S/C20H22N2O4/c1-13(19(24)15-5-9-17(10-6-15)21-14(2)23)26-20(25)16-7-11-18(12-8-16)22(3)4/h5-13H,1-4H3,(H,21,23)/t13-/m1/s1. The number of rotatable bonds is 6. The molecule has 6 heteroatoms. The summed E-state index contributed by atoms with van der Waals surface area (Å²) in [5.41, 5.74) is 2.35. The molecule has 0 unspecified atom stereocenters. The van der Waals surface area contributed by atoms with Crippen molar-refractivity contribution < 1.29 is 19.1 Å². The number of hydrogen-bond donors (Lipinski definition) is 1. The summed E-state index contributed by atoms with van der Waals surface area (Å²) in [6.45, 7) is 2.95. The average molecular weight is 354 g/mol. The molecule has 0 aliphatic heterocycles. The normalized spacial score (nSPS) is 11.4. The number of amides is 1. The van der Waals surface area contributed by atoms with Gasteiger partial charge in [0, 0.05) is 38.0 Å². The maximum Gasteiger partial charge on any atom is 0.338 e. The van der Waals surface area contributed by atoms with E-state index in [1.807, 2.05) is 31.1 Å². The number of carbonyl (C=O) groups is 3. The zero-order chi connectivity index (χ0) is 19.3. The van der Waals surface area contributed by atoms with Crippen molar-refractivity contribution in [2.24, 2.45) is 0 Å². The van der Waals surface area contributed by atoms with Crippen LogP contribution in [0, 0.1) is 0 Å². The summed E-state index contributed by atoms with van der Waals surface area (Å²) in [6, 6.07) is 13.4. The van der Waals surface area contributed by atoms with Crippen LogP contribution < -0.4 is 10.2 Å². The van der Waals surface area contributed by atoms with Gasteiger partial charge in [-0.1, -0.05) is 0 Å². The summed E-state index contributed by atoms with van der Waals surface area (Å²) in [5.74, 6) is -1.05. The summed E-state index contributed by atoms with van der Waals surface area (Å²) in [7, 11) is 3.82. The molecule has 2 rings (SSSR count). The Morgan fingerprint density at radius 2 is 1.46 bits per heavy atom. The molecule has 0 heterocycles. The molecule has 0 saturated carbocycles. The highest BCUT2D eigenvalue weighted by molar-refractivity contribution is 6.02. The molecule has 0 aromatic heterocycles. The minimum absolute atomic E-state index is 0.188. The van der Waals surface area contributed by atoms with Crippen LogP contribution >= 0.6 is 0 Å². The summed E-state index contributed by atoms with van der Waals surface area (Å²) in [6.07, 6.45) is -0.914. The maximum atomic E-state index is 12.4. The first-order valence-corrected chi connectivity index (χ1v) is 8.18. The summed E-state index contributed by atoms with van der Waals surface area (Å²) >= 11 is 0. The number of benzene rings is 2. The lowest BCUT2D eigenvalue weighted by Gasteiger charge is -2.14. The molecule has 26 heavy (non-hydrogen) atoms. The first-order chi connectivity index (χ1) is 12.3.